The van der Waals surface area contributed by atoms with Gasteiger partial charge in [-0.25, -0.2) is 13.5 Å². The smallest absolute Gasteiger partial charge is 0.274 e. The van der Waals surface area contributed by atoms with E-state index < -0.39 is 62.2 Å². The number of amides is 1. The zero-order valence-corrected chi connectivity index (χ0v) is 21.2. The first-order valence-electron chi connectivity index (χ1n) is 11.8. The molecule has 1 aromatic carbocycles. The fourth-order valence-corrected chi connectivity index (χ4v) is 5.92. The van der Waals surface area contributed by atoms with Crippen LogP contribution in [-0.4, -0.2) is 62.4 Å². The molecule has 5 rings (SSSR count). The van der Waals surface area contributed by atoms with E-state index in [0.717, 1.165) is 17.8 Å². The number of aliphatic hydroxyl groups is 1. The van der Waals surface area contributed by atoms with Gasteiger partial charge in [-0.15, -0.1) is 0 Å². The van der Waals surface area contributed by atoms with Crippen LogP contribution < -0.4 is 10.2 Å². The maximum atomic E-state index is 14.1. The number of nitrogens with zero attached hydrogens (tertiary/aromatic N) is 3. The Balaban J connectivity index is 1.51. The van der Waals surface area contributed by atoms with Gasteiger partial charge in [0, 0.05) is 48.8 Å². The van der Waals surface area contributed by atoms with Crippen LogP contribution in [0.1, 0.15) is 65.6 Å². The molecule has 3 aliphatic heterocycles. The van der Waals surface area contributed by atoms with Crippen molar-refractivity contribution in [1.29, 1.82) is 0 Å². The van der Waals surface area contributed by atoms with Crippen LogP contribution in [0.2, 0.25) is 0 Å². The summed E-state index contributed by atoms with van der Waals surface area (Å²) in [5.74, 6) is -3.51. The number of nitrogens with one attached hydrogen (secondary N) is 1. The van der Waals surface area contributed by atoms with Crippen LogP contribution in [0.25, 0.3) is 0 Å². The largest absolute Gasteiger partial charge is 0.503 e. The number of hydrogen-bond donors (Lipinski definition) is 3. The maximum absolute atomic E-state index is 14.1. The van der Waals surface area contributed by atoms with Gasteiger partial charge in [0.25, 0.3) is 5.91 Å². The summed E-state index contributed by atoms with van der Waals surface area (Å²) in [5, 5.41) is 24.4. The lowest BCUT2D eigenvalue weighted by Gasteiger charge is -2.41. The van der Waals surface area contributed by atoms with Crippen LogP contribution in [0.15, 0.2) is 34.3 Å². The first kappa shape index (κ1) is 26.4. The fraction of sp³-hybridized carbons (Fsp3) is 0.417. The van der Waals surface area contributed by atoms with Crippen molar-refractivity contribution in [3.8, 4) is 5.75 Å². The van der Waals surface area contributed by atoms with Gasteiger partial charge in [-0.2, -0.15) is 0 Å². The molecule has 38 heavy (non-hydrogen) atoms. The number of carbonyl (C=O) groups excluding carboxylic acids is 2. The van der Waals surface area contributed by atoms with Crippen molar-refractivity contribution in [3.63, 3.8) is 0 Å². The molecular weight excluding hydrogens is 521 g/mol. The Morgan fingerprint density at radius 2 is 2.11 bits per heavy atom. The number of fused-ring (bicyclic) bond motifs is 5. The predicted octanol–water partition coefficient (Wildman–Crippen LogP) is 1.90. The zero-order chi connectivity index (χ0) is 27.6. The Labute approximate surface area is 221 Å². The molecule has 2 radical (unpaired) electrons. The standard InChI is InChI=1S/C24H23BF2N4O6S/c1-11-8-23(37-28-11)6-5-12(2)30-10-17(23)31-9-14(19(32)20(33)18(31)21(30)34)22(35)38-29-24(25,36)15-4-3-13(26)7-16(15)27/h3-4,7,9,12,17,29,33,36H,5-6,8,10H2,1-2H3. The fourth-order valence-electron chi connectivity index (χ4n) is 5.30. The Morgan fingerprint density at radius 1 is 1.37 bits per heavy atom. The van der Waals surface area contributed by atoms with Crippen molar-refractivity contribution in [2.45, 2.75) is 56.4 Å². The highest BCUT2D eigenvalue weighted by atomic mass is 32.2. The molecule has 1 fully saturated rings. The number of rotatable bonds is 4. The van der Waals surface area contributed by atoms with E-state index in [0.29, 0.717) is 25.3 Å². The van der Waals surface area contributed by atoms with Crippen molar-refractivity contribution >= 4 is 36.5 Å². The van der Waals surface area contributed by atoms with Crippen LogP contribution in [0.4, 0.5) is 8.78 Å². The van der Waals surface area contributed by atoms with E-state index in [1.807, 2.05) is 13.8 Å². The minimum atomic E-state index is -2.62. The molecule has 2 bridgehead atoms. The second-order valence-electron chi connectivity index (χ2n) is 9.88. The molecular formula is C24H23BF2N4O6S. The number of pyridine rings is 1. The summed E-state index contributed by atoms with van der Waals surface area (Å²) in [4.78, 5) is 46.9. The third-order valence-electron chi connectivity index (χ3n) is 7.30. The first-order chi connectivity index (χ1) is 17.8. The van der Waals surface area contributed by atoms with E-state index >= 15 is 0 Å². The van der Waals surface area contributed by atoms with E-state index in [2.05, 4.69) is 9.88 Å². The molecule has 198 valence electrons. The van der Waals surface area contributed by atoms with Gasteiger partial charge in [0.1, 0.15) is 25.1 Å². The minimum Gasteiger partial charge on any atom is -0.503 e. The number of oxime groups is 1. The molecule has 14 heteroatoms. The average Bonchev–Trinajstić information content (AvgIpc) is 3.18. The molecule has 1 saturated heterocycles. The molecule has 0 aliphatic carbocycles. The van der Waals surface area contributed by atoms with E-state index in [9.17, 15) is 33.4 Å². The molecule has 10 nitrogen and oxygen atoms in total. The number of aromatic nitrogens is 1. The van der Waals surface area contributed by atoms with E-state index in [4.69, 9.17) is 12.7 Å². The summed E-state index contributed by atoms with van der Waals surface area (Å²) < 4.78 is 30.9. The Kier molecular flexibility index (Phi) is 6.39. The number of aromatic hydroxyl groups is 1. The summed E-state index contributed by atoms with van der Waals surface area (Å²) >= 11 is 0.173. The summed E-state index contributed by atoms with van der Waals surface area (Å²) in [5.41, 5.74) is -5.13. The van der Waals surface area contributed by atoms with Gasteiger partial charge in [-0.05, 0) is 38.8 Å². The van der Waals surface area contributed by atoms with E-state index in [1.165, 1.54) is 10.8 Å². The highest BCUT2D eigenvalue weighted by molar-refractivity contribution is 8.12. The molecule has 3 N–H and O–H groups in total. The lowest BCUT2D eigenvalue weighted by atomic mass is 9.84. The summed E-state index contributed by atoms with van der Waals surface area (Å²) in [6.07, 6.45) is 2.78. The zero-order valence-electron chi connectivity index (χ0n) is 20.4. The molecule has 4 unspecified atom stereocenters. The van der Waals surface area contributed by atoms with Crippen molar-refractivity contribution < 1.29 is 33.4 Å². The van der Waals surface area contributed by atoms with Crippen LogP contribution in [0.3, 0.4) is 0 Å². The van der Waals surface area contributed by atoms with Crippen molar-refractivity contribution in [2.24, 2.45) is 5.16 Å². The van der Waals surface area contributed by atoms with Crippen LogP contribution in [-0.2, 0) is 10.5 Å². The highest BCUT2D eigenvalue weighted by Crippen LogP contribution is 2.46. The molecule has 0 saturated carbocycles. The van der Waals surface area contributed by atoms with Crippen LogP contribution in [0, 0.1) is 11.6 Å². The third-order valence-corrected chi connectivity index (χ3v) is 8.12. The second-order valence-corrected chi connectivity index (χ2v) is 10.7. The second kappa shape index (κ2) is 9.21. The SMILES string of the molecule is [B]C(O)(NSC(=O)c1cn2c(c(O)c1=O)C(=O)N1CC2C2(CCC1C)CC(C)=NO2)c1ccc(F)cc1F. The van der Waals surface area contributed by atoms with Gasteiger partial charge < -0.3 is 24.5 Å². The molecule has 4 heterocycles. The van der Waals surface area contributed by atoms with Crippen LogP contribution in [0.5, 0.6) is 5.75 Å². The predicted molar refractivity (Wildman–Crippen MR) is 134 cm³/mol. The topological polar surface area (TPSA) is 133 Å². The van der Waals surface area contributed by atoms with E-state index in [1.54, 1.807) is 4.90 Å². The number of hydrogen-bond acceptors (Lipinski definition) is 9. The Hall–Kier alpha value is -3.23. The molecule has 1 amide bonds. The van der Waals surface area contributed by atoms with Gasteiger partial charge in [-0.3, -0.25) is 14.4 Å². The van der Waals surface area contributed by atoms with Gasteiger partial charge in [0.2, 0.25) is 10.5 Å². The Morgan fingerprint density at radius 3 is 2.76 bits per heavy atom. The molecule has 3 aliphatic rings. The first-order valence-corrected chi connectivity index (χ1v) is 12.6. The number of carbonyl (C=O) groups is 2. The lowest BCUT2D eigenvalue weighted by molar-refractivity contribution is -0.0655. The Bertz CT molecular complexity index is 1450. The van der Waals surface area contributed by atoms with Crippen molar-refractivity contribution in [2.75, 3.05) is 6.54 Å². The highest BCUT2D eigenvalue weighted by Gasteiger charge is 2.53. The summed E-state index contributed by atoms with van der Waals surface area (Å²) in [7, 11) is 5.70. The average molecular weight is 544 g/mol. The maximum Gasteiger partial charge on any atom is 0.274 e. The molecule has 4 atom stereocenters. The van der Waals surface area contributed by atoms with Crippen molar-refractivity contribution in [3.05, 3.63) is 63.1 Å². The van der Waals surface area contributed by atoms with E-state index in [-0.39, 0.29) is 30.2 Å². The summed E-state index contributed by atoms with van der Waals surface area (Å²) in [6, 6.07) is 1.52. The lowest BCUT2D eigenvalue weighted by Crippen LogP contribution is -2.52. The number of benzene rings is 1. The molecule has 1 spiro atoms. The third kappa shape index (κ3) is 4.20. The summed E-state index contributed by atoms with van der Waals surface area (Å²) in [6.45, 7) is 3.90. The van der Waals surface area contributed by atoms with Crippen molar-refractivity contribution in [1.82, 2.24) is 14.2 Å². The molecule has 1 aromatic heterocycles. The van der Waals surface area contributed by atoms with Gasteiger partial charge in [-0.1, -0.05) is 5.16 Å². The number of halogens is 2. The van der Waals surface area contributed by atoms with Gasteiger partial charge in [0.15, 0.2) is 17.0 Å². The minimum absolute atomic E-state index is 0.173. The van der Waals surface area contributed by atoms with Gasteiger partial charge in [0.05, 0.1) is 17.3 Å². The van der Waals surface area contributed by atoms with Gasteiger partial charge >= 0.3 is 0 Å². The normalized spacial score (nSPS) is 25.9. The monoisotopic (exact) mass is 544 g/mol. The van der Waals surface area contributed by atoms with Crippen LogP contribution >= 0.6 is 11.9 Å². The molecule has 2 aromatic rings. The quantitative estimate of drug-likeness (QED) is 0.302.